The van der Waals surface area contributed by atoms with Crippen molar-refractivity contribution in [2.45, 2.75) is 13.0 Å². The summed E-state index contributed by atoms with van der Waals surface area (Å²) in [6.45, 7) is 1.67. The van der Waals surface area contributed by atoms with Crippen molar-refractivity contribution in [1.29, 1.82) is 0 Å². The molecule has 2 amide bonds. The number of nitrogens with one attached hydrogen (secondary N) is 2. The van der Waals surface area contributed by atoms with Gasteiger partial charge in [-0.05, 0) is 42.8 Å². The summed E-state index contributed by atoms with van der Waals surface area (Å²) in [7, 11) is 0. The Labute approximate surface area is 159 Å². The van der Waals surface area contributed by atoms with E-state index in [9.17, 15) is 9.59 Å². The molecule has 0 aromatic heterocycles. The van der Waals surface area contributed by atoms with Gasteiger partial charge >= 0.3 is 6.03 Å². The molecule has 128 valence electrons. The fraction of sp³-hybridized carbons (Fsp3) is 0.111. The van der Waals surface area contributed by atoms with E-state index in [2.05, 4.69) is 10.6 Å². The molecule has 0 aliphatic carbocycles. The zero-order valence-corrected chi connectivity index (χ0v) is 15.3. The molecule has 0 saturated carbocycles. The van der Waals surface area contributed by atoms with Gasteiger partial charge in [-0.25, -0.2) is 4.79 Å². The molecule has 2 aromatic rings. The van der Waals surface area contributed by atoms with Crippen LogP contribution in [-0.2, 0) is 0 Å². The standard InChI is InChI=1S/C18H13Cl3N2O2/c1-9-14(17(24)10-5-7-11(19)8-6-10)16(23-18(25)22-9)12-3-2-4-13(20)15(12)21/h2-8,16H,1H3,(H2,22,23,25)/t16-/m1/s1. The normalized spacial score (nSPS) is 17.1. The van der Waals surface area contributed by atoms with E-state index in [4.69, 9.17) is 34.8 Å². The van der Waals surface area contributed by atoms with Crippen LogP contribution in [0.2, 0.25) is 15.1 Å². The molecule has 0 fully saturated rings. The molecule has 0 spiro atoms. The van der Waals surface area contributed by atoms with Gasteiger partial charge in [0.25, 0.3) is 0 Å². The average molecular weight is 396 g/mol. The second-order valence-electron chi connectivity index (χ2n) is 5.55. The number of halogens is 3. The molecule has 2 N–H and O–H groups in total. The number of carbonyl (C=O) groups is 2. The van der Waals surface area contributed by atoms with Crippen molar-refractivity contribution >= 4 is 46.6 Å². The molecule has 1 heterocycles. The van der Waals surface area contributed by atoms with Gasteiger partial charge in [0.15, 0.2) is 5.78 Å². The lowest BCUT2D eigenvalue weighted by Gasteiger charge is -2.29. The molecule has 4 nitrogen and oxygen atoms in total. The monoisotopic (exact) mass is 394 g/mol. The number of Topliss-reactive ketones (excluding diaryl/α,β-unsaturated/α-hetero) is 1. The summed E-state index contributed by atoms with van der Waals surface area (Å²) in [4.78, 5) is 25.0. The van der Waals surface area contributed by atoms with Crippen LogP contribution in [-0.4, -0.2) is 11.8 Å². The summed E-state index contributed by atoms with van der Waals surface area (Å²) in [5, 5.41) is 6.56. The van der Waals surface area contributed by atoms with Gasteiger partial charge < -0.3 is 10.6 Å². The van der Waals surface area contributed by atoms with Crippen LogP contribution in [0, 0.1) is 0 Å². The van der Waals surface area contributed by atoms with Gasteiger partial charge in [-0.15, -0.1) is 0 Å². The number of hydrogen-bond acceptors (Lipinski definition) is 2. The van der Waals surface area contributed by atoms with Crippen LogP contribution in [0.1, 0.15) is 28.9 Å². The van der Waals surface area contributed by atoms with E-state index in [0.29, 0.717) is 37.5 Å². The highest BCUT2D eigenvalue weighted by Gasteiger charge is 2.33. The molecule has 0 saturated heterocycles. The van der Waals surface area contributed by atoms with Crippen molar-refractivity contribution in [3.05, 3.63) is 79.9 Å². The van der Waals surface area contributed by atoms with Gasteiger partial charge in [0, 0.05) is 21.9 Å². The van der Waals surface area contributed by atoms with Crippen LogP contribution in [0.15, 0.2) is 53.7 Å². The van der Waals surface area contributed by atoms with E-state index in [1.54, 1.807) is 49.4 Å². The molecule has 25 heavy (non-hydrogen) atoms. The number of allylic oxidation sites excluding steroid dienone is 1. The van der Waals surface area contributed by atoms with Crippen molar-refractivity contribution in [2.24, 2.45) is 0 Å². The lowest BCUT2D eigenvalue weighted by molar-refractivity contribution is 0.102. The summed E-state index contributed by atoms with van der Waals surface area (Å²) >= 11 is 18.3. The minimum atomic E-state index is -0.705. The number of hydrogen-bond donors (Lipinski definition) is 2. The third kappa shape index (κ3) is 3.52. The van der Waals surface area contributed by atoms with E-state index >= 15 is 0 Å². The van der Waals surface area contributed by atoms with Gasteiger partial charge in [0.1, 0.15) is 0 Å². The van der Waals surface area contributed by atoms with Crippen LogP contribution < -0.4 is 10.6 Å². The first-order chi connectivity index (χ1) is 11.9. The Balaban J connectivity index is 2.11. The van der Waals surface area contributed by atoms with Crippen molar-refractivity contribution in [1.82, 2.24) is 10.6 Å². The maximum atomic E-state index is 13.0. The number of benzene rings is 2. The number of ketones is 1. The fourth-order valence-corrected chi connectivity index (χ4v) is 3.27. The van der Waals surface area contributed by atoms with E-state index < -0.39 is 12.1 Å². The summed E-state index contributed by atoms with van der Waals surface area (Å²) < 4.78 is 0. The molecule has 0 radical (unpaired) electrons. The predicted octanol–water partition coefficient (Wildman–Crippen LogP) is 5.16. The van der Waals surface area contributed by atoms with Gasteiger partial charge in [-0.3, -0.25) is 4.79 Å². The second kappa shape index (κ2) is 7.08. The van der Waals surface area contributed by atoms with Crippen LogP contribution in [0.3, 0.4) is 0 Å². The van der Waals surface area contributed by atoms with E-state index in [1.165, 1.54) is 0 Å². The molecule has 1 aliphatic rings. The molecular weight excluding hydrogens is 383 g/mol. The largest absolute Gasteiger partial charge is 0.327 e. The lowest BCUT2D eigenvalue weighted by Crippen LogP contribution is -2.45. The third-order valence-corrected chi connectivity index (χ3v) is 5.00. The van der Waals surface area contributed by atoms with E-state index in [-0.39, 0.29) is 5.78 Å². The van der Waals surface area contributed by atoms with Gasteiger partial charge in [-0.1, -0.05) is 46.9 Å². The average Bonchev–Trinajstić information content (AvgIpc) is 2.57. The van der Waals surface area contributed by atoms with E-state index in [0.717, 1.165) is 0 Å². The zero-order chi connectivity index (χ0) is 18.1. The zero-order valence-electron chi connectivity index (χ0n) is 13.1. The smallest absolute Gasteiger partial charge is 0.319 e. The summed E-state index contributed by atoms with van der Waals surface area (Å²) in [5.41, 5.74) is 1.87. The fourth-order valence-electron chi connectivity index (χ4n) is 2.73. The van der Waals surface area contributed by atoms with Gasteiger partial charge in [0.2, 0.25) is 0 Å². The summed E-state index contributed by atoms with van der Waals surface area (Å²) in [5.74, 6) is -0.234. The first-order valence-corrected chi connectivity index (χ1v) is 8.54. The Hall–Kier alpha value is -2.01. The van der Waals surface area contributed by atoms with Gasteiger partial charge in [0.05, 0.1) is 16.1 Å². The lowest BCUT2D eigenvalue weighted by atomic mass is 9.89. The SMILES string of the molecule is CC1=C(C(=O)c2ccc(Cl)cc2)[C@@H](c2cccc(Cl)c2Cl)NC(=O)N1. The van der Waals surface area contributed by atoms with Crippen LogP contribution in [0.4, 0.5) is 4.79 Å². The van der Waals surface area contributed by atoms with E-state index in [1.807, 2.05) is 0 Å². The topological polar surface area (TPSA) is 58.2 Å². The molecule has 7 heteroatoms. The molecule has 1 aliphatic heterocycles. The quantitative estimate of drug-likeness (QED) is 0.705. The highest BCUT2D eigenvalue weighted by Crippen LogP contribution is 2.36. The molecule has 0 bridgehead atoms. The minimum Gasteiger partial charge on any atom is -0.327 e. The number of carbonyl (C=O) groups excluding carboxylic acids is 2. The molecule has 0 unspecified atom stereocenters. The minimum absolute atomic E-state index is 0.234. The summed E-state index contributed by atoms with van der Waals surface area (Å²) in [6, 6.07) is 10.5. The Kier molecular flexibility index (Phi) is 5.04. The number of urea groups is 1. The van der Waals surface area contributed by atoms with Crippen LogP contribution in [0.5, 0.6) is 0 Å². The Morgan fingerprint density at radius 3 is 2.40 bits per heavy atom. The Bertz CT molecular complexity index is 892. The highest BCUT2D eigenvalue weighted by atomic mass is 35.5. The summed E-state index contributed by atoms with van der Waals surface area (Å²) in [6.07, 6.45) is 0. The van der Waals surface area contributed by atoms with Crippen molar-refractivity contribution < 1.29 is 9.59 Å². The first-order valence-electron chi connectivity index (χ1n) is 7.41. The third-order valence-electron chi connectivity index (χ3n) is 3.91. The van der Waals surface area contributed by atoms with Crippen molar-refractivity contribution in [3.8, 4) is 0 Å². The van der Waals surface area contributed by atoms with Gasteiger partial charge in [-0.2, -0.15) is 0 Å². The van der Waals surface area contributed by atoms with Crippen LogP contribution in [0.25, 0.3) is 0 Å². The van der Waals surface area contributed by atoms with Crippen molar-refractivity contribution in [3.63, 3.8) is 0 Å². The predicted molar refractivity (Wildman–Crippen MR) is 99.4 cm³/mol. The molecule has 2 aromatic carbocycles. The number of rotatable bonds is 3. The van der Waals surface area contributed by atoms with Crippen LogP contribution >= 0.6 is 34.8 Å². The highest BCUT2D eigenvalue weighted by molar-refractivity contribution is 6.42. The second-order valence-corrected chi connectivity index (χ2v) is 6.77. The Morgan fingerprint density at radius 2 is 1.72 bits per heavy atom. The first kappa shape index (κ1) is 17.8. The van der Waals surface area contributed by atoms with Crippen molar-refractivity contribution in [2.75, 3.05) is 0 Å². The molecular formula is C18H13Cl3N2O2. The Morgan fingerprint density at radius 1 is 1.04 bits per heavy atom. The molecule has 3 rings (SSSR count). The number of amides is 2. The molecule has 1 atom stereocenters. The maximum Gasteiger partial charge on any atom is 0.319 e. The maximum absolute atomic E-state index is 13.0.